The number of rotatable bonds is 41. The molecule has 0 aliphatic carbocycles. The van der Waals surface area contributed by atoms with E-state index in [-0.39, 0.29) is 93.2 Å². The minimum atomic E-state index is -1.94. The zero-order valence-electron chi connectivity index (χ0n) is 63.2. The lowest BCUT2D eigenvalue weighted by Gasteiger charge is -2.39. The number of nitrogens with zero attached hydrogens (tertiary/aromatic N) is 7. The van der Waals surface area contributed by atoms with Gasteiger partial charge in [-0.3, -0.25) is 57.7 Å². The molecule has 2 aromatic carbocycles. The number of hydrogen-bond acceptors (Lipinski definition) is 20. The summed E-state index contributed by atoms with van der Waals surface area (Å²) in [5, 5.41) is 19.0. The summed E-state index contributed by atoms with van der Waals surface area (Å²) < 4.78 is 41.9. The number of carbonyl (C=O) groups is 12. The molecule has 2 aliphatic rings. The first-order chi connectivity index (χ1) is 49.9. The number of imide groups is 1. The molecule has 5 rings (SSSR count). The van der Waals surface area contributed by atoms with Crippen LogP contribution in [0.25, 0.3) is 0 Å². The standard InChI is InChI=1S/C73H110FN13O17S/c1-15-48(7)64(56(100-13)42-60(92)87-30-16-17-55(87)65(101-14)49(8)67(94)80-54(70-76-29-40-105-70)41-51-20-18-47(6)19-21-51)83(11)61(93)44-78-69(96)63(46(4)5)84(12)73(99)104-66(71(97)85-34-32-82(10)33-35-85)52-22-24-53(25-23-52)79-59(91)43-77-68(95)62(45(2)3)81-58(90)27-36-102-38-39-103-37-28-75-57(89)26-31-86(50(9)88)72(74)98/h18-25,29,40,45-46,48-49,54-56,62-66H,15-17,26-28,30-39,41-44H2,1-14H3,(H,75,89)(H,77,95)(H,78,96)(H,79,91)(H,80,94)(H,81,90)/t48-,49+,54-,55-,56+,62?,63?,64-,65+,66?/m0/s1. The van der Waals surface area contributed by atoms with Crippen LogP contribution in [-0.2, 0) is 78.1 Å². The van der Waals surface area contributed by atoms with Crippen molar-refractivity contribution in [1.82, 2.24) is 61.0 Å². The van der Waals surface area contributed by atoms with Crippen LogP contribution in [0.3, 0.4) is 0 Å². The molecule has 12 amide bonds. The van der Waals surface area contributed by atoms with Crippen LogP contribution in [0.1, 0.15) is 128 Å². The third kappa shape index (κ3) is 27.1. The molecule has 0 bridgehead atoms. The summed E-state index contributed by atoms with van der Waals surface area (Å²) in [6, 6.07) is 10.5. The van der Waals surface area contributed by atoms with Gasteiger partial charge < -0.3 is 75.2 Å². The topological polar surface area (TPSA) is 356 Å². The Hall–Kier alpha value is -8.56. The lowest BCUT2D eigenvalue weighted by atomic mass is 9.90. The molecule has 0 radical (unpaired) electrons. The van der Waals surface area contributed by atoms with E-state index in [1.54, 1.807) is 64.8 Å². The zero-order chi connectivity index (χ0) is 77.6. The first-order valence-electron chi connectivity index (χ1n) is 35.8. The van der Waals surface area contributed by atoms with Gasteiger partial charge in [-0.05, 0) is 68.7 Å². The number of amides is 12. The van der Waals surface area contributed by atoms with E-state index in [4.69, 9.17) is 23.7 Å². The van der Waals surface area contributed by atoms with E-state index in [9.17, 15) is 61.9 Å². The molecule has 3 heterocycles. The molecule has 1 aromatic heterocycles. The van der Waals surface area contributed by atoms with Gasteiger partial charge in [0.1, 0.15) is 17.1 Å². The highest BCUT2D eigenvalue weighted by molar-refractivity contribution is 7.09. The van der Waals surface area contributed by atoms with Crippen molar-refractivity contribution in [2.24, 2.45) is 23.7 Å². The molecule has 2 aliphatic heterocycles. The molecule has 32 heteroatoms. The van der Waals surface area contributed by atoms with Crippen LogP contribution in [0, 0.1) is 30.6 Å². The number of thiazole rings is 1. The number of piperazine rings is 1. The first kappa shape index (κ1) is 87.1. The third-order valence-corrected chi connectivity index (χ3v) is 19.9. The number of methoxy groups -OCH3 is 2. The number of hydrogen-bond donors (Lipinski definition) is 6. The molecule has 6 N–H and O–H groups in total. The first-order valence-corrected chi connectivity index (χ1v) is 36.7. The van der Waals surface area contributed by atoms with E-state index in [2.05, 4.69) is 41.8 Å². The summed E-state index contributed by atoms with van der Waals surface area (Å²) in [6.07, 6.45) is -2.21. The predicted molar refractivity (Wildman–Crippen MR) is 389 cm³/mol. The molecule has 30 nitrogen and oxygen atoms in total. The number of ether oxygens (including phenoxy) is 5. The van der Waals surface area contributed by atoms with Crippen molar-refractivity contribution >= 4 is 88.4 Å². The van der Waals surface area contributed by atoms with E-state index >= 15 is 0 Å². The van der Waals surface area contributed by atoms with Gasteiger partial charge >= 0.3 is 12.3 Å². The Morgan fingerprint density at radius 2 is 1.38 bits per heavy atom. The van der Waals surface area contributed by atoms with E-state index in [0.29, 0.717) is 63.3 Å². The van der Waals surface area contributed by atoms with E-state index < -0.39 is 133 Å². The maximum Gasteiger partial charge on any atom is 0.411 e. The number of carbonyl (C=O) groups excluding carboxylic acids is 12. The third-order valence-electron chi connectivity index (χ3n) is 19.0. The van der Waals surface area contributed by atoms with Crippen LogP contribution in [0.2, 0.25) is 0 Å². The van der Waals surface area contributed by atoms with Gasteiger partial charge in [0.15, 0.2) is 0 Å². The molecule has 2 fully saturated rings. The van der Waals surface area contributed by atoms with Gasteiger partial charge in [-0.25, -0.2) is 14.6 Å². The number of likely N-dealkylation sites (N-methyl/N-ethyl adjacent to an activating group) is 3. The highest BCUT2D eigenvalue weighted by atomic mass is 32.1. The predicted octanol–water partition coefficient (Wildman–Crippen LogP) is 4.56. The monoisotopic (exact) mass is 1490 g/mol. The molecule has 2 saturated heterocycles. The molecule has 0 saturated carbocycles. The average molecular weight is 1490 g/mol. The largest absolute Gasteiger partial charge is 0.431 e. The van der Waals surface area contributed by atoms with Gasteiger partial charge in [0.05, 0.1) is 82.2 Å². The Kier molecular flexibility index (Phi) is 36.3. The fraction of sp³-hybridized carbons (Fsp3) is 0.630. The number of anilines is 1. The van der Waals surface area contributed by atoms with Crippen molar-refractivity contribution in [1.29, 1.82) is 0 Å². The minimum absolute atomic E-state index is 0.00601. The van der Waals surface area contributed by atoms with Crippen LogP contribution in [-0.4, -0.2) is 263 Å². The highest BCUT2D eigenvalue weighted by Crippen LogP contribution is 2.32. The van der Waals surface area contributed by atoms with Crippen molar-refractivity contribution < 1.29 is 85.6 Å². The maximum atomic E-state index is 14.6. The molecule has 10 atom stereocenters. The second-order valence-electron chi connectivity index (χ2n) is 27.4. The molecule has 3 unspecified atom stereocenters. The van der Waals surface area contributed by atoms with Crippen LogP contribution < -0.4 is 31.9 Å². The number of halogens is 1. The molecular formula is C73H110FN13O17S. The second-order valence-corrected chi connectivity index (χ2v) is 28.3. The summed E-state index contributed by atoms with van der Waals surface area (Å²) in [6.45, 7) is 16.9. The van der Waals surface area contributed by atoms with Crippen LogP contribution >= 0.6 is 11.3 Å². The quantitative estimate of drug-likeness (QED) is 0.0258. The number of benzene rings is 2. The van der Waals surface area contributed by atoms with Crippen molar-refractivity contribution in [3.05, 3.63) is 81.8 Å². The van der Waals surface area contributed by atoms with Gasteiger partial charge in [0.25, 0.3) is 5.91 Å². The van der Waals surface area contributed by atoms with Gasteiger partial charge in [-0.2, -0.15) is 0 Å². The molecule has 3 aromatic rings. The Balaban J connectivity index is 1.14. The molecule has 0 spiro atoms. The SMILES string of the molecule is CC[C@H](C)[C@@H]([C@@H](CC(=O)N1CCC[C@H]1[C@H](OC)[C@@H](C)C(=O)N[C@@H](Cc1ccc(C)cc1)c1nccs1)OC)N(C)C(=O)CNC(=O)C(C(C)C)N(C)C(=O)OC(C(=O)N1CCN(C)CC1)c1ccc(NC(=O)CNC(=O)C(NC(=O)CCOCCOCCNC(=O)CCN(C(C)=O)C(=O)F)C(C)C)cc1. The molecule has 582 valence electrons. The number of aryl methyl sites for hydroxylation is 1. The Morgan fingerprint density at radius 3 is 1.97 bits per heavy atom. The summed E-state index contributed by atoms with van der Waals surface area (Å²) in [7, 11) is 7.92. The van der Waals surface area contributed by atoms with E-state index in [1.807, 2.05) is 57.5 Å². The Bertz CT molecular complexity index is 3330. The van der Waals surface area contributed by atoms with Gasteiger partial charge in [-0.15, -0.1) is 15.7 Å². The summed E-state index contributed by atoms with van der Waals surface area (Å²) >= 11 is 1.46. The highest BCUT2D eigenvalue weighted by Gasteiger charge is 2.43. The van der Waals surface area contributed by atoms with Crippen LogP contribution in [0.15, 0.2) is 60.1 Å². The summed E-state index contributed by atoms with van der Waals surface area (Å²) in [4.78, 5) is 172. The van der Waals surface area contributed by atoms with Gasteiger partial charge in [0.2, 0.25) is 59.3 Å². The Morgan fingerprint density at radius 1 is 0.724 bits per heavy atom. The van der Waals surface area contributed by atoms with Crippen molar-refractivity contribution in [2.45, 2.75) is 156 Å². The van der Waals surface area contributed by atoms with Gasteiger partial charge in [-0.1, -0.05) is 96.8 Å². The average Bonchev–Trinajstić information content (AvgIpc) is 1.80. The minimum Gasteiger partial charge on any atom is -0.431 e. The van der Waals surface area contributed by atoms with E-state index in [0.717, 1.165) is 28.0 Å². The lowest BCUT2D eigenvalue weighted by Crippen LogP contribution is -2.56. The maximum absolute atomic E-state index is 14.6. The second kappa shape index (κ2) is 43.8. The fourth-order valence-electron chi connectivity index (χ4n) is 12.7. The van der Waals surface area contributed by atoms with E-state index in [1.165, 1.54) is 54.7 Å². The fourth-order valence-corrected chi connectivity index (χ4v) is 13.4. The summed E-state index contributed by atoms with van der Waals surface area (Å²) in [5.74, 6) is -6.94. The van der Waals surface area contributed by atoms with Crippen molar-refractivity contribution in [3.8, 4) is 0 Å². The molecule has 105 heavy (non-hydrogen) atoms. The van der Waals surface area contributed by atoms with Gasteiger partial charge in [0, 0.05) is 117 Å². The van der Waals surface area contributed by atoms with Crippen LogP contribution in [0.5, 0.6) is 0 Å². The summed E-state index contributed by atoms with van der Waals surface area (Å²) in [5.41, 5.74) is 2.70. The number of likely N-dealkylation sites (tertiary alicyclic amines) is 1. The zero-order valence-corrected chi connectivity index (χ0v) is 64.0. The van der Waals surface area contributed by atoms with Crippen LogP contribution in [0.4, 0.5) is 19.7 Å². The number of nitrogens with one attached hydrogen (secondary N) is 6. The van der Waals surface area contributed by atoms with Crippen molar-refractivity contribution in [3.63, 3.8) is 0 Å². The smallest absolute Gasteiger partial charge is 0.411 e. The number of aromatic nitrogens is 1. The lowest BCUT2D eigenvalue weighted by molar-refractivity contribution is -0.146. The Labute approximate surface area is 619 Å². The van der Waals surface area contributed by atoms with Crippen molar-refractivity contribution in [2.75, 3.05) is 126 Å². The molecular weight excluding hydrogens is 1380 g/mol. The normalized spacial score (nSPS) is 16.4.